The largest absolute Gasteiger partial charge is 0.484 e. The molecule has 1 aromatic rings. The number of likely N-dealkylation sites (tertiary alicyclic amines) is 1. The molecule has 0 atom stereocenters. The molecule has 1 aromatic carbocycles. The minimum absolute atomic E-state index is 0.115. The van der Waals surface area contributed by atoms with Crippen molar-refractivity contribution in [1.29, 1.82) is 0 Å². The van der Waals surface area contributed by atoms with E-state index in [1.165, 1.54) is 6.54 Å². The smallest absolute Gasteiger partial charge is 0.255 e. The van der Waals surface area contributed by atoms with Gasteiger partial charge in [0.1, 0.15) is 5.75 Å². The molecule has 0 saturated carbocycles. The topological polar surface area (TPSA) is 92.0 Å². The standard InChI is InChI=1S/C20H33N5O2/c1-15(2)13-25-9-7-17(8-10-25)24-20(22-3)23-12-16-5-4-6-18(11-16)27-14-19(21)26/h4-6,11,15,17H,7-10,12-14H2,1-3H3,(H2,21,26)(H2,22,23,24). The summed E-state index contributed by atoms with van der Waals surface area (Å²) in [5, 5.41) is 6.87. The highest BCUT2D eigenvalue weighted by atomic mass is 16.5. The summed E-state index contributed by atoms with van der Waals surface area (Å²) in [5.74, 6) is 1.67. The highest BCUT2D eigenvalue weighted by molar-refractivity contribution is 5.80. The summed E-state index contributed by atoms with van der Waals surface area (Å²) < 4.78 is 5.35. The Bertz CT molecular complexity index is 625. The molecule has 1 heterocycles. The molecule has 1 aliphatic rings. The lowest BCUT2D eigenvalue weighted by atomic mass is 10.0. The van der Waals surface area contributed by atoms with E-state index in [1.807, 2.05) is 24.3 Å². The summed E-state index contributed by atoms with van der Waals surface area (Å²) in [5.41, 5.74) is 6.16. The number of ether oxygens (including phenoxy) is 1. The van der Waals surface area contributed by atoms with Crippen LogP contribution in [-0.4, -0.2) is 56.1 Å². The molecule has 27 heavy (non-hydrogen) atoms. The number of carbonyl (C=O) groups is 1. The van der Waals surface area contributed by atoms with Crippen molar-refractivity contribution in [2.24, 2.45) is 16.6 Å². The zero-order chi connectivity index (χ0) is 19.6. The van der Waals surface area contributed by atoms with Crippen LogP contribution in [0.4, 0.5) is 0 Å². The van der Waals surface area contributed by atoms with Crippen molar-refractivity contribution in [3.05, 3.63) is 29.8 Å². The van der Waals surface area contributed by atoms with Gasteiger partial charge >= 0.3 is 0 Å². The van der Waals surface area contributed by atoms with Crippen LogP contribution in [0.25, 0.3) is 0 Å². The van der Waals surface area contributed by atoms with E-state index in [0.717, 1.165) is 37.5 Å². The monoisotopic (exact) mass is 375 g/mol. The van der Waals surface area contributed by atoms with Crippen LogP contribution in [0.15, 0.2) is 29.3 Å². The number of guanidine groups is 1. The van der Waals surface area contributed by atoms with Gasteiger partial charge in [0.25, 0.3) is 5.91 Å². The quantitative estimate of drug-likeness (QED) is 0.471. The summed E-state index contributed by atoms with van der Waals surface area (Å²) in [6.45, 7) is 8.48. The molecule has 7 heteroatoms. The van der Waals surface area contributed by atoms with Gasteiger partial charge in [-0.05, 0) is 36.5 Å². The van der Waals surface area contributed by atoms with E-state index < -0.39 is 5.91 Å². The second kappa shape index (κ2) is 10.8. The second-order valence-electron chi connectivity index (χ2n) is 7.44. The number of primary amides is 1. The number of hydrogen-bond acceptors (Lipinski definition) is 4. The number of benzene rings is 1. The number of carbonyl (C=O) groups excluding carboxylic acids is 1. The normalized spacial score (nSPS) is 16.4. The molecular weight excluding hydrogens is 342 g/mol. The Kier molecular flexibility index (Phi) is 8.39. The molecule has 0 aliphatic carbocycles. The predicted molar refractivity (Wildman–Crippen MR) is 109 cm³/mol. The van der Waals surface area contributed by atoms with E-state index >= 15 is 0 Å². The first-order valence-corrected chi connectivity index (χ1v) is 9.66. The predicted octanol–water partition coefficient (Wildman–Crippen LogP) is 1.34. The average Bonchev–Trinajstić information content (AvgIpc) is 2.64. The number of aliphatic imine (C=N–C) groups is 1. The van der Waals surface area contributed by atoms with E-state index in [1.54, 1.807) is 7.05 Å². The summed E-state index contributed by atoms with van der Waals surface area (Å²) in [6.07, 6.45) is 2.26. The van der Waals surface area contributed by atoms with Crippen LogP contribution >= 0.6 is 0 Å². The lowest BCUT2D eigenvalue weighted by Gasteiger charge is -2.34. The van der Waals surface area contributed by atoms with Gasteiger partial charge in [-0.15, -0.1) is 0 Å². The molecule has 0 bridgehead atoms. The van der Waals surface area contributed by atoms with Crippen molar-refractivity contribution in [2.75, 3.05) is 33.3 Å². The van der Waals surface area contributed by atoms with Crippen LogP contribution < -0.4 is 21.1 Å². The molecule has 1 amide bonds. The van der Waals surface area contributed by atoms with Crippen LogP contribution in [0, 0.1) is 5.92 Å². The van der Waals surface area contributed by atoms with Gasteiger partial charge < -0.3 is 26.0 Å². The van der Waals surface area contributed by atoms with Crippen molar-refractivity contribution < 1.29 is 9.53 Å². The number of nitrogens with two attached hydrogens (primary N) is 1. The van der Waals surface area contributed by atoms with Crippen LogP contribution in [0.1, 0.15) is 32.3 Å². The third-order valence-electron chi connectivity index (χ3n) is 4.51. The molecule has 7 nitrogen and oxygen atoms in total. The maximum Gasteiger partial charge on any atom is 0.255 e. The third-order valence-corrected chi connectivity index (χ3v) is 4.51. The molecule has 1 fully saturated rings. The van der Waals surface area contributed by atoms with Crippen molar-refractivity contribution in [3.8, 4) is 5.75 Å². The molecule has 2 rings (SSSR count). The number of rotatable bonds is 8. The summed E-state index contributed by atoms with van der Waals surface area (Å²) in [6, 6.07) is 8.05. The zero-order valence-electron chi connectivity index (χ0n) is 16.7. The fourth-order valence-corrected chi connectivity index (χ4v) is 3.25. The Hall–Kier alpha value is -2.28. The number of amides is 1. The van der Waals surface area contributed by atoms with Crippen molar-refractivity contribution in [1.82, 2.24) is 15.5 Å². The number of nitrogens with one attached hydrogen (secondary N) is 2. The lowest BCUT2D eigenvalue weighted by molar-refractivity contribution is -0.119. The van der Waals surface area contributed by atoms with Gasteiger partial charge in [-0.1, -0.05) is 26.0 Å². The molecule has 0 spiro atoms. The molecule has 0 radical (unpaired) electrons. The maximum atomic E-state index is 10.8. The van der Waals surface area contributed by atoms with E-state index in [4.69, 9.17) is 10.5 Å². The Morgan fingerprint density at radius 2 is 2.11 bits per heavy atom. The van der Waals surface area contributed by atoms with E-state index in [9.17, 15) is 4.79 Å². The first kappa shape index (κ1) is 21.0. The van der Waals surface area contributed by atoms with Crippen LogP contribution in [-0.2, 0) is 11.3 Å². The third kappa shape index (κ3) is 7.86. The lowest BCUT2D eigenvalue weighted by Crippen LogP contribution is -2.48. The molecule has 1 saturated heterocycles. The molecule has 0 unspecified atom stereocenters. The summed E-state index contributed by atoms with van der Waals surface area (Å²) >= 11 is 0. The van der Waals surface area contributed by atoms with Gasteiger partial charge in [0.15, 0.2) is 12.6 Å². The van der Waals surface area contributed by atoms with Crippen molar-refractivity contribution >= 4 is 11.9 Å². The fraction of sp³-hybridized carbons (Fsp3) is 0.600. The first-order valence-electron chi connectivity index (χ1n) is 9.66. The van der Waals surface area contributed by atoms with Gasteiger partial charge in [-0.25, -0.2) is 0 Å². The number of hydrogen-bond donors (Lipinski definition) is 3. The van der Waals surface area contributed by atoms with E-state index in [2.05, 4.69) is 34.4 Å². The highest BCUT2D eigenvalue weighted by Gasteiger charge is 2.20. The molecular formula is C20H33N5O2. The average molecular weight is 376 g/mol. The number of nitrogens with zero attached hydrogens (tertiary/aromatic N) is 2. The van der Waals surface area contributed by atoms with E-state index in [-0.39, 0.29) is 6.61 Å². The van der Waals surface area contributed by atoms with Gasteiger partial charge in [0.2, 0.25) is 0 Å². The second-order valence-corrected chi connectivity index (χ2v) is 7.44. The Morgan fingerprint density at radius 1 is 1.37 bits per heavy atom. The van der Waals surface area contributed by atoms with Gasteiger partial charge in [0.05, 0.1) is 0 Å². The minimum atomic E-state index is -0.484. The zero-order valence-corrected chi connectivity index (χ0v) is 16.7. The molecule has 0 aromatic heterocycles. The van der Waals surface area contributed by atoms with Crippen molar-refractivity contribution in [3.63, 3.8) is 0 Å². The van der Waals surface area contributed by atoms with Crippen LogP contribution in [0.5, 0.6) is 5.75 Å². The number of piperidine rings is 1. The summed E-state index contributed by atoms with van der Waals surface area (Å²) in [7, 11) is 1.79. The van der Waals surface area contributed by atoms with Gasteiger partial charge in [0, 0.05) is 39.3 Å². The van der Waals surface area contributed by atoms with Crippen molar-refractivity contribution in [2.45, 2.75) is 39.3 Å². The van der Waals surface area contributed by atoms with Crippen LogP contribution in [0.2, 0.25) is 0 Å². The molecule has 1 aliphatic heterocycles. The SMILES string of the molecule is CN=C(NCc1cccc(OCC(N)=O)c1)NC1CCN(CC(C)C)CC1. The Morgan fingerprint density at radius 3 is 2.74 bits per heavy atom. The summed E-state index contributed by atoms with van der Waals surface area (Å²) in [4.78, 5) is 17.7. The van der Waals surface area contributed by atoms with Gasteiger partial charge in [-0.3, -0.25) is 9.79 Å². The fourth-order valence-electron chi connectivity index (χ4n) is 3.25. The minimum Gasteiger partial charge on any atom is -0.484 e. The molecule has 4 N–H and O–H groups in total. The first-order chi connectivity index (χ1) is 13.0. The Balaban J connectivity index is 1.77. The maximum absolute atomic E-state index is 10.8. The highest BCUT2D eigenvalue weighted by Crippen LogP contribution is 2.14. The Labute approximate surface area is 162 Å². The van der Waals surface area contributed by atoms with Crippen LogP contribution in [0.3, 0.4) is 0 Å². The van der Waals surface area contributed by atoms with Gasteiger partial charge in [-0.2, -0.15) is 0 Å². The molecule has 150 valence electrons. The van der Waals surface area contributed by atoms with E-state index in [0.29, 0.717) is 24.3 Å².